The average Bonchev–Trinajstić information content (AvgIpc) is 2.96. The lowest BCUT2D eigenvalue weighted by Gasteiger charge is -2.25. The molecule has 0 aromatic heterocycles. The Labute approximate surface area is 138 Å². The normalized spacial score (nSPS) is 19.9. The van der Waals surface area contributed by atoms with Crippen molar-refractivity contribution in [2.45, 2.75) is 31.9 Å². The quantitative estimate of drug-likeness (QED) is 0.900. The molecule has 2 aromatic carbocycles. The summed E-state index contributed by atoms with van der Waals surface area (Å²) in [6.07, 6.45) is 2.90. The molecule has 1 unspecified atom stereocenters. The number of rotatable bonds is 2. The van der Waals surface area contributed by atoms with E-state index < -0.39 is 11.6 Å². The monoisotopic (exact) mass is 329 g/mol. The predicted octanol–water partition coefficient (Wildman–Crippen LogP) is 4.12. The average molecular weight is 329 g/mol. The van der Waals surface area contributed by atoms with Gasteiger partial charge < -0.3 is 10.1 Å². The van der Waals surface area contributed by atoms with Gasteiger partial charge >= 0.3 is 0 Å². The molecule has 0 radical (unpaired) electrons. The summed E-state index contributed by atoms with van der Waals surface area (Å²) in [6, 6.07) is 7.05. The number of halogens is 2. The van der Waals surface area contributed by atoms with Crippen LogP contribution in [0.2, 0.25) is 0 Å². The summed E-state index contributed by atoms with van der Waals surface area (Å²) >= 11 is 0. The van der Waals surface area contributed by atoms with Gasteiger partial charge in [-0.05, 0) is 60.2 Å². The van der Waals surface area contributed by atoms with Crippen LogP contribution in [0.1, 0.15) is 46.9 Å². The highest BCUT2D eigenvalue weighted by molar-refractivity contribution is 6.00. The van der Waals surface area contributed by atoms with Gasteiger partial charge in [0.25, 0.3) is 5.91 Å². The van der Waals surface area contributed by atoms with Crippen LogP contribution in [0.4, 0.5) is 8.78 Å². The van der Waals surface area contributed by atoms with E-state index in [1.165, 1.54) is 12.1 Å². The first kappa shape index (κ1) is 15.3. The molecule has 2 aliphatic rings. The van der Waals surface area contributed by atoms with Crippen molar-refractivity contribution in [1.29, 1.82) is 0 Å². The number of hydrogen-bond donors (Lipinski definition) is 1. The fourth-order valence-corrected chi connectivity index (χ4v) is 3.51. The second-order valence-corrected chi connectivity index (χ2v) is 6.25. The highest BCUT2D eigenvalue weighted by atomic mass is 19.1. The van der Waals surface area contributed by atoms with Crippen LogP contribution in [-0.4, -0.2) is 12.5 Å². The molecular formula is C19H17F2NO2. The van der Waals surface area contributed by atoms with Crippen molar-refractivity contribution in [3.8, 4) is 11.1 Å². The maximum atomic E-state index is 14.2. The first-order valence-electron chi connectivity index (χ1n) is 8.15. The molecular weight excluding hydrogens is 312 g/mol. The molecule has 0 aliphatic carbocycles. The number of benzene rings is 2. The second kappa shape index (κ2) is 5.98. The molecule has 2 aromatic rings. The second-order valence-electron chi connectivity index (χ2n) is 6.25. The number of ether oxygens (including phenoxy) is 1. The summed E-state index contributed by atoms with van der Waals surface area (Å²) in [7, 11) is 0. The van der Waals surface area contributed by atoms with E-state index >= 15 is 0 Å². The molecule has 0 saturated carbocycles. The van der Waals surface area contributed by atoms with Crippen LogP contribution in [0.15, 0.2) is 30.3 Å². The molecule has 1 amide bonds. The summed E-state index contributed by atoms with van der Waals surface area (Å²) in [5, 5.41) is 2.82. The van der Waals surface area contributed by atoms with E-state index in [2.05, 4.69) is 5.32 Å². The third-order valence-corrected chi connectivity index (χ3v) is 4.72. The lowest BCUT2D eigenvalue weighted by molar-refractivity contribution is 0.0145. The van der Waals surface area contributed by atoms with Crippen LogP contribution < -0.4 is 5.32 Å². The molecule has 2 heterocycles. The summed E-state index contributed by atoms with van der Waals surface area (Å²) < 4.78 is 33.3. The van der Waals surface area contributed by atoms with Gasteiger partial charge in [0.15, 0.2) is 0 Å². The van der Waals surface area contributed by atoms with E-state index in [4.69, 9.17) is 4.74 Å². The summed E-state index contributed by atoms with van der Waals surface area (Å²) in [5.41, 5.74) is 3.28. The van der Waals surface area contributed by atoms with Gasteiger partial charge in [-0.25, -0.2) is 8.78 Å². The molecule has 0 spiro atoms. The maximum absolute atomic E-state index is 14.2. The van der Waals surface area contributed by atoms with Crippen molar-refractivity contribution in [1.82, 2.24) is 5.32 Å². The van der Waals surface area contributed by atoms with Crippen LogP contribution in [0, 0.1) is 11.6 Å². The minimum absolute atomic E-state index is 0.0799. The van der Waals surface area contributed by atoms with E-state index in [1.54, 1.807) is 6.07 Å². The Bertz CT molecular complexity index is 813. The molecule has 2 aliphatic heterocycles. The number of carbonyl (C=O) groups is 1. The lowest BCUT2D eigenvalue weighted by atomic mass is 9.90. The lowest BCUT2D eigenvalue weighted by Crippen LogP contribution is -2.14. The first-order chi connectivity index (χ1) is 11.6. The van der Waals surface area contributed by atoms with Crippen molar-refractivity contribution in [2.24, 2.45) is 0 Å². The molecule has 1 saturated heterocycles. The van der Waals surface area contributed by atoms with E-state index in [0.717, 1.165) is 36.5 Å². The Morgan fingerprint density at radius 3 is 2.71 bits per heavy atom. The summed E-state index contributed by atoms with van der Waals surface area (Å²) in [5.74, 6) is -1.42. The Kier molecular flexibility index (Phi) is 3.81. The number of nitrogens with one attached hydrogen (secondary N) is 1. The van der Waals surface area contributed by atoms with Crippen molar-refractivity contribution >= 4 is 5.91 Å². The van der Waals surface area contributed by atoms with Gasteiger partial charge in [-0.3, -0.25) is 4.79 Å². The van der Waals surface area contributed by atoms with Crippen molar-refractivity contribution in [2.75, 3.05) is 6.61 Å². The number of carbonyl (C=O) groups excluding carboxylic acids is 1. The van der Waals surface area contributed by atoms with Crippen LogP contribution in [0.5, 0.6) is 0 Å². The first-order valence-corrected chi connectivity index (χ1v) is 8.15. The Balaban J connectivity index is 1.86. The van der Waals surface area contributed by atoms with E-state index in [9.17, 15) is 13.6 Å². The van der Waals surface area contributed by atoms with Gasteiger partial charge in [-0.15, -0.1) is 0 Å². The third-order valence-electron chi connectivity index (χ3n) is 4.72. The van der Waals surface area contributed by atoms with Gasteiger partial charge in [0.05, 0.1) is 6.10 Å². The van der Waals surface area contributed by atoms with E-state index in [1.807, 2.05) is 6.07 Å². The number of hydrogen-bond acceptors (Lipinski definition) is 2. The van der Waals surface area contributed by atoms with Crippen molar-refractivity contribution in [3.63, 3.8) is 0 Å². The van der Waals surface area contributed by atoms with Crippen molar-refractivity contribution < 1.29 is 18.3 Å². The molecule has 24 heavy (non-hydrogen) atoms. The van der Waals surface area contributed by atoms with Crippen LogP contribution in [0.25, 0.3) is 11.1 Å². The zero-order chi connectivity index (χ0) is 16.7. The standard InChI is InChI=1S/C19H17F2NO2/c20-12-4-5-13(17(21)9-12)11-7-14(18-3-1-2-6-24-18)16-10-22-19(23)15(16)8-11/h4-5,7-9,18H,1-3,6,10H2,(H,22,23). The van der Waals surface area contributed by atoms with Crippen molar-refractivity contribution in [3.05, 3.63) is 58.7 Å². The van der Waals surface area contributed by atoms with Gasteiger partial charge in [0.1, 0.15) is 11.6 Å². The number of amides is 1. The molecule has 5 heteroatoms. The third kappa shape index (κ3) is 2.59. The minimum Gasteiger partial charge on any atom is -0.374 e. The molecule has 0 bridgehead atoms. The molecule has 1 fully saturated rings. The van der Waals surface area contributed by atoms with Gasteiger partial charge in [-0.2, -0.15) is 0 Å². The minimum atomic E-state index is -0.635. The van der Waals surface area contributed by atoms with Crippen LogP contribution in [-0.2, 0) is 11.3 Å². The molecule has 1 N–H and O–H groups in total. The zero-order valence-corrected chi connectivity index (χ0v) is 13.1. The summed E-state index contributed by atoms with van der Waals surface area (Å²) in [4.78, 5) is 12.1. The van der Waals surface area contributed by atoms with Gasteiger partial charge in [-0.1, -0.05) is 0 Å². The Morgan fingerprint density at radius 2 is 1.96 bits per heavy atom. The van der Waals surface area contributed by atoms with Crippen LogP contribution >= 0.6 is 0 Å². The fraction of sp³-hybridized carbons (Fsp3) is 0.316. The largest absolute Gasteiger partial charge is 0.374 e. The highest BCUT2D eigenvalue weighted by Crippen LogP contribution is 2.37. The van der Waals surface area contributed by atoms with E-state index in [-0.39, 0.29) is 17.6 Å². The van der Waals surface area contributed by atoms with Gasteiger partial charge in [0, 0.05) is 30.3 Å². The van der Waals surface area contributed by atoms with Crippen LogP contribution in [0.3, 0.4) is 0 Å². The molecule has 4 rings (SSSR count). The Hall–Kier alpha value is -2.27. The molecule has 1 atom stereocenters. The maximum Gasteiger partial charge on any atom is 0.251 e. The molecule has 124 valence electrons. The Morgan fingerprint density at radius 1 is 1.08 bits per heavy atom. The molecule has 3 nitrogen and oxygen atoms in total. The fourth-order valence-electron chi connectivity index (χ4n) is 3.51. The van der Waals surface area contributed by atoms with E-state index in [0.29, 0.717) is 24.3 Å². The highest BCUT2D eigenvalue weighted by Gasteiger charge is 2.28. The zero-order valence-electron chi connectivity index (χ0n) is 13.1. The predicted molar refractivity (Wildman–Crippen MR) is 85.5 cm³/mol. The van der Waals surface area contributed by atoms with Gasteiger partial charge in [0.2, 0.25) is 0 Å². The topological polar surface area (TPSA) is 38.3 Å². The number of fused-ring (bicyclic) bond motifs is 1. The SMILES string of the molecule is O=C1NCc2c1cc(-c1ccc(F)cc1F)cc2C1CCCCO1. The smallest absolute Gasteiger partial charge is 0.251 e. The summed E-state index contributed by atoms with van der Waals surface area (Å²) in [6.45, 7) is 1.16.